The summed E-state index contributed by atoms with van der Waals surface area (Å²) in [6, 6.07) is 13.3. The number of anilines is 1. The van der Waals surface area contributed by atoms with Crippen molar-refractivity contribution in [2.24, 2.45) is 0 Å². The summed E-state index contributed by atoms with van der Waals surface area (Å²) in [5.41, 5.74) is 3.23. The topological polar surface area (TPSA) is 56.1 Å². The van der Waals surface area contributed by atoms with E-state index in [0.29, 0.717) is 18.0 Å². The fourth-order valence-electron chi connectivity index (χ4n) is 4.53. The van der Waals surface area contributed by atoms with Crippen LogP contribution >= 0.6 is 11.3 Å². The highest BCUT2D eigenvalue weighted by Gasteiger charge is 2.26. The molecule has 1 aliphatic carbocycles. The second kappa shape index (κ2) is 8.89. The Kier molecular flexibility index (Phi) is 6.09. The van der Waals surface area contributed by atoms with Crippen LogP contribution in [0.2, 0.25) is 0 Å². The zero-order valence-electron chi connectivity index (χ0n) is 16.2. The second-order valence-corrected chi connectivity index (χ2v) is 8.89. The van der Waals surface area contributed by atoms with Crippen molar-refractivity contribution in [3.63, 3.8) is 0 Å². The molecule has 2 heterocycles. The van der Waals surface area contributed by atoms with Crippen molar-refractivity contribution in [1.29, 1.82) is 5.26 Å². The van der Waals surface area contributed by atoms with Gasteiger partial charge in [-0.05, 0) is 56.2 Å². The molecule has 1 N–H and O–H groups in total. The predicted molar refractivity (Wildman–Crippen MR) is 114 cm³/mol. The van der Waals surface area contributed by atoms with Crippen LogP contribution in [0.1, 0.15) is 66.1 Å². The summed E-state index contributed by atoms with van der Waals surface area (Å²) in [5, 5.41) is 13.4. The Morgan fingerprint density at radius 3 is 2.82 bits per heavy atom. The smallest absolute Gasteiger partial charge is 0.226 e. The molecule has 1 atom stereocenters. The monoisotopic (exact) mass is 393 g/mol. The number of aryl methyl sites for hydroxylation is 1. The van der Waals surface area contributed by atoms with Crippen molar-refractivity contribution in [2.45, 2.75) is 57.4 Å². The summed E-state index contributed by atoms with van der Waals surface area (Å²) in [4.78, 5) is 16.3. The van der Waals surface area contributed by atoms with E-state index in [1.807, 2.05) is 6.07 Å². The Bertz CT molecular complexity index is 868. The molecule has 0 bridgehead atoms. The molecule has 1 aromatic carbocycles. The Morgan fingerprint density at radius 1 is 1.18 bits per heavy atom. The molecular formula is C23H27N3OS. The Balaban J connectivity index is 1.38. The molecule has 1 saturated heterocycles. The lowest BCUT2D eigenvalue weighted by molar-refractivity contribution is -0.116. The second-order valence-electron chi connectivity index (χ2n) is 7.78. The van der Waals surface area contributed by atoms with Crippen molar-refractivity contribution in [3.8, 4) is 6.07 Å². The molecule has 1 aliphatic heterocycles. The summed E-state index contributed by atoms with van der Waals surface area (Å²) < 4.78 is 0. The molecule has 0 spiro atoms. The number of carbonyl (C=O) groups is 1. The first-order valence-electron chi connectivity index (χ1n) is 10.4. The molecule has 4 rings (SSSR count). The minimum Gasteiger partial charge on any atom is -0.317 e. The number of hydrogen-bond acceptors (Lipinski definition) is 4. The number of nitriles is 1. The third kappa shape index (κ3) is 4.14. The Morgan fingerprint density at radius 2 is 2.00 bits per heavy atom. The molecule has 146 valence electrons. The molecule has 4 nitrogen and oxygen atoms in total. The van der Waals surface area contributed by atoms with Gasteiger partial charge in [0.2, 0.25) is 5.91 Å². The number of benzene rings is 1. The van der Waals surface area contributed by atoms with Crippen molar-refractivity contribution < 1.29 is 4.79 Å². The van der Waals surface area contributed by atoms with Crippen LogP contribution in [0.4, 0.5) is 5.00 Å². The molecule has 1 unspecified atom stereocenters. The fraction of sp³-hybridized carbons (Fsp3) is 0.478. The molecule has 1 fully saturated rings. The Hall–Kier alpha value is -2.16. The quantitative estimate of drug-likeness (QED) is 0.723. The van der Waals surface area contributed by atoms with Crippen LogP contribution in [0.25, 0.3) is 0 Å². The average Bonchev–Trinajstić information content (AvgIpc) is 3.24. The predicted octanol–water partition coefficient (Wildman–Crippen LogP) is 5.05. The van der Waals surface area contributed by atoms with Crippen LogP contribution in [0.3, 0.4) is 0 Å². The maximum absolute atomic E-state index is 12.6. The maximum Gasteiger partial charge on any atom is 0.226 e. The lowest BCUT2D eigenvalue weighted by atomic mass is 10.0. The maximum atomic E-state index is 12.6. The zero-order chi connectivity index (χ0) is 19.3. The van der Waals surface area contributed by atoms with Crippen LogP contribution < -0.4 is 5.32 Å². The summed E-state index contributed by atoms with van der Waals surface area (Å²) in [6.45, 7) is 1.81. The zero-order valence-corrected chi connectivity index (χ0v) is 17.1. The van der Waals surface area contributed by atoms with Gasteiger partial charge in [0.15, 0.2) is 0 Å². The van der Waals surface area contributed by atoms with Crippen LogP contribution in [0.15, 0.2) is 30.3 Å². The SMILES string of the molecule is N#Cc1c(NC(=O)CCN2CCCC2c2ccccc2)sc2c1CCCCC2. The lowest BCUT2D eigenvalue weighted by Crippen LogP contribution is -2.27. The van der Waals surface area contributed by atoms with Gasteiger partial charge in [0.05, 0.1) is 5.56 Å². The number of nitrogens with zero attached hydrogens (tertiary/aromatic N) is 2. The lowest BCUT2D eigenvalue weighted by Gasteiger charge is -2.24. The van der Waals surface area contributed by atoms with Gasteiger partial charge in [-0.3, -0.25) is 9.69 Å². The van der Waals surface area contributed by atoms with E-state index in [2.05, 4.69) is 40.6 Å². The van der Waals surface area contributed by atoms with Crippen LogP contribution in [0.5, 0.6) is 0 Å². The van der Waals surface area contributed by atoms with E-state index in [9.17, 15) is 10.1 Å². The highest BCUT2D eigenvalue weighted by molar-refractivity contribution is 7.16. The van der Waals surface area contributed by atoms with E-state index in [4.69, 9.17) is 0 Å². The van der Waals surface area contributed by atoms with Crippen molar-refractivity contribution in [3.05, 3.63) is 51.9 Å². The molecule has 0 saturated carbocycles. The van der Waals surface area contributed by atoms with Gasteiger partial charge in [0.1, 0.15) is 11.1 Å². The number of carbonyl (C=O) groups excluding carboxylic acids is 1. The standard InChI is InChI=1S/C23H27N3OS/c24-16-19-18-10-5-2-6-12-21(18)28-23(19)25-22(27)13-15-26-14-7-11-20(26)17-8-3-1-4-9-17/h1,3-4,8-9,20H,2,5-7,10-15H2,(H,25,27). The number of thiophene rings is 1. The van der Waals surface area contributed by atoms with E-state index in [1.54, 1.807) is 11.3 Å². The normalized spacial score (nSPS) is 19.6. The molecule has 2 aromatic rings. The molecule has 0 radical (unpaired) electrons. The van der Waals surface area contributed by atoms with Crippen molar-refractivity contribution in [2.75, 3.05) is 18.4 Å². The van der Waals surface area contributed by atoms with Gasteiger partial charge in [-0.2, -0.15) is 5.26 Å². The molecule has 1 amide bonds. The third-order valence-corrected chi connectivity index (χ3v) is 7.17. The van der Waals surface area contributed by atoms with Crippen LogP contribution in [-0.2, 0) is 17.6 Å². The minimum atomic E-state index is 0.0200. The number of nitrogens with one attached hydrogen (secondary N) is 1. The number of rotatable bonds is 5. The summed E-state index contributed by atoms with van der Waals surface area (Å²) >= 11 is 1.62. The fourth-order valence-corrected chi connectivity index (χ4v) is 5.79. The number of likely N-dealkylation sites (tertiary alicyclic amines) is 1. The third-order valence-electron chi connectivity index (χ3n) is 5.96. The van der Waals surface area contributed by atoms with Crippen LogP contribution in [-0.4, -0.2) is 23.9 Å². The summed E-state index contributed by atoms with van der Waals surface area (Å²) in [6.07, 6.45) is 8.36. The van der Waals surface area contributed by atoms with E-state index < -0.39 is 0 Å². The molecule has 28 heavy (non-hydrogen) atoms. The number of amides is 1. The van der Waals surface area contributed by atoms with Crippen molar-refractivity contribution in [1.82, 2.24) is 4.90 Å². The highest BCUT2D eigenvalue weighted by atomic mass is 32.1. The van der Waals surface area contributed by atoms with Gasteiger partial charge < -0.3 is 5.32 Å². The van der Waals surface area contributed by atoms with Crippen LogP contribution in [0, 0.1) is 11.3 Å². The molecule has 5 heteroatoms. The van der Waals surface area contributed by atoms with E-state index in [-0.39, 0.29) is 5.91 Å². The molecule has 2 aliphatic rings. The largest absolute Gasteiger partial charge is 0.317 e. The van der Waals surface area contributed by atoms with Gasteiger partial charge in [0.25, 0.3) is 0 Å². The number of fused-ring (bicyclic) bond motifs is 1. The number of hydrogen-bond donors (Lipinski definition) is 1. The van der Waals surface area contributed by atoms with Gasteiger partial charge in [-0.15, -0.1) is 11.3 Å². The Labute approximate surface area is 171 Å². The van der Waals surface area contributed by atoms with Gasteiger partial charge in [-0.25, -0.2) is 0 Å². The van der Waals surface area contributed by atoms with Gasteiger partial charge in [0, 0.05) is 23.9 Å². The average molecular weight is 394 g/mol. The van der Waals surface area contributed by atoms with E-state index >= 15 is 0 Å². The van der Waals surface area contributed by atoms with E-state index in [1.165, 1.54) is 35.3 Å². The molecule has 1 aromatic heterocycles. The minimum absolute atomic E-state index is 0.0200. The molecular weight excluding hydrogens is 366 g/mol. The van der Waals surface area contributed by atoms with Crippen molar-refractivity contribution >= 4 is 22.2 Å². The highest BCUT2D eigenvalue weighted by Crippen LogP contribution is 2.37. The first-order chi connectivity index (χ1) is 13.8. The first kappa shape index (κ1) is 19.2. The van der Waals surface area contributed by atoms with Gasteiger partial charge in [-0.1, -0.05) is 36.8 Å². The first-order valence-corrected chi connectivity index (χ1v) is 11.2. The summed E-state index contributed by atoms with van der Waals surface area (Å²) in [5.74, 6) is 0.0200. The van der Waals surface area contributed by atoms with Gasteiger partial charge >= 0.3 is 0 Å². The summed E-state index contributed by atoms with van der Waals surface area (Å²) in [7, 11) is 0. The van der Waals surface area contributed by atoms with E-state index in [0.717, 1.165) is 43.8 Å².